The molecule has 2 nitrogen and oxygen atoms in total. The summed E-state index contributed by atoms with van der Waals surface area (Å²) in [5.74, 6) is 0.211. The van der Waals surface area contributed by atoms with E-state index in [4.69, 9.17) is 4.74 Å². The van der Waals surface area contributed by atoms with E-state index in [0.717, 1.165) is 18.4 Å². The van der Waals surface area contributed by atoms with Gasteiger partial charge in [-0.05, 0) is 24.5 Å². The van der Waals surface area contributed by atoms with Crippen molar-refractivity contribution in [3.8, 4) is 0 Å². The highest BCUT2D eigenvalue weighted by Crippen LogP contribution is 2.09. The van der Waals surface area contributed by atoms with Gasteiger partial charge in [0.05, 0.1) is 0 Å². The standard InChI is InChI=1S/C13H18O2/c1-3-11-6-4-7-12(10-11)13(14)8-5-9-15-2/h4,6-7,10H,3,5,8-9H2,1-2H3. The molecule has 0 aliphatic heterocycles. The van der Waals surface area contributed by atoms with E-state index in [1.54, 1.807) is 7.11 Å². The predicted octanol–water partition coefficient (Wildman–Crippen LogP) is 2.86. The molecule has 15 heavy (non-hydrogen) atoms. The molecule has 0 atom stereocenters. The van der Waals surface area contributed by atoms with Crippen LogP contribution in [0.5, 0.6) is 0 Å². The SMILES string of the molecule is CCc1cccc(C(=O)CCCOC)c1. The Morgan fingerprint density at radius 2 is 2.20 bits per heavy atom. The van der Waals surface area contributed by atoms with Gasteiger partial charge < -0.3 is 4.74 Å². The highest BCUT2D eigenvalue weighted by Gasteiger charge is 2.05. The fourth-order valence-electron chi connectivity index (χ4n) is 1.49. The molecule has 1 aromatic carbocycles. The summed E-state index contributed by atoms with van der Waals surface area (Å²) in [4.78, 5) is 11.7. The Bertz CT molecular complexity index is 318. The van der Waals surface area contributed by atoms with Gasteiger partial charge in [-0.25, -0.2) is 0 Å². The van der Waals surface area contributed by atoms with E-state index in [0.29, 0.717) is 13.0 Å². The maximum Gasteiger partial charge on any atom is 0.162 e. The Morgan fingerprint density at radius 1 is 1.40 bits per heavy atom. The summed E-state index contributed by atoms with van der Waals surface area (Å²) in [5, 5.41) is 0. The molecule has 0 unspecified atom stereocenters. The summed E-state index contributed by atoms with van der Waals surface area (Å²) < 4.78 is 4.92. The smallest absolute Gasteiger partial charge is 0.162 e. The minimum atomic E-state index is 0.211. The molecule has 82 valence electrons. The molecule has 0 saturated carbocycles. The number of hydrogen-bond donors (Lipinski definition) is 0. The van der Waals surface area contributed by atoms with Crippen LogP contribution in [-0.4, -0.2) is 19.5 Å². The quantitative estimate of drug-likeness (QED) is 0.528. The van der Waals surface area contributed by atoms with Crippen LogP contribution in [0.1, 0.15) is 35.7 Å². The van der Waals surface area contributed by atoms with E-state index in [2.05, 4.69) is 6.92 Å². The van der Waals surface area contributed by atoms with E-state index in [9.17, 15) is 4.79 Å². The van der Waals surface area contributed by atoms with E-state index in [1.807, 2.05) is 24.3 Å². The first-order valence-electron chi connectivity index (χ1n) is 5.39. The number of hydrogen-bond acceptors (Lipinski definition) is 2. The summed E-state index contributed by atoms with van der Waals surface area (Å²) in [6.07, 6.45) is 2.34. The van der Waals surface area contributed by atoms with Crippen molar-refractivity contribution in [1.29, 1.82) is 0 Å². The zero-order valence-electron chi connectivity index (χ0n) is 9.45. The molecular formula is C13H18O2. The summed E-state index contributed by atoms with van der Waals surface area (Å²) in [7, 11) is 1.65. The number of methoxy groups -OCH3 is 1. The lowest BCUT2D eigenvalue weighted by atomic mass is 10.0. The van der Waals surface area contributed by atoms with Gasteiger partial charge in [0.25, 0.3) is 0 Å². The summed E-state index contributed by atoms with van der Waals surface area (Å²) >= 11 is 0. The third-order valence-corrected chi connectivity index (χ3v) is 2.41. The van der Waals surface area contributed by atoms with Crippen molar-refractivity contribution in [2.75, 3.05) is 13.7 Å². The molecule has 1 aromatic rings. The van der Waals surface area contributed by atoms with Crippen molar-refractivity contribution < 1.29 is 9.53 Å². The van der Waals surface area contributed by atoms with Gasteiger partial charge in [0.1, 0.15) is 0 Å². The highest BCUT2D eigenvalue weighted by molar-refractivity contribution is 5.96. The maximum absolute atomic E-state index is 11.7. The van der Waals surface area contributed by atoms with Crippen molar-refractivity contribution in [1.82, 2.24) is 0 Å². The molecule has 0 N–H and O–H groups in total. The number of carbonyl (C=O) groups is 1. The lowest BCUT2D eigenvalue weighted by Crippen LogP contribution is -2.01. The third-order valence-electron chi connectivity index (χ3n) is 2.41. The molecule has 0 fully saturated rings. The van der Waals surface area contributed by atoms with Crippen LogP contribution in [0.15, 0.2) is 24.3 Å². The Kier molecular flexibility index (Phi) is 5.05. The highest BCUT2D eigenvalue weighted by atomic mass is 16.5. The first kappa shape index (κ1) is 11.9. The summed E-state index contributed by atoms with van der Waals surface area (Å²) in [5.41, 5.74) is 2.04. The van der Waals surface area contributed by atoms with Gasteiger partial charge in [0.2, 0.25) is 0 Å². The van der Waals surface area contributed by atoms with Crippen molar-refractivity contribution in [3.05, 3.63) is 35.4 Å². The van der Waals surface area contributed by atoms with Gasteiger partial charge in [-0.15, -0.1) is 0 Å². The number of carbonyl (C=O) groups excluding carboxylic acids is 1. The molecule has 0 aromatic heterocycles. The van der Waals surface area contributed by atoms with Crippen LogP contribution in [-0.2, 0) is 11.2 Å². The van der Waals surface area contributed by atoms with Gasteiger partial charge in [0, 0.05) is 25.7 Å². The molecule has 0 bridgehead atoms. The lowest BCUT2D eigenvalue weighted by molar-refractivity contribution is 0.0963. The number of Topliss-reactive ketones (excluding diaryl/α,β-unsaturated/α-hetero) is 1. The minimum Gasteiger partial charge on any atom is -0.385 e. The molecule has 0 aliphatic carbocycles. The first-order chi connectivity index (χ1) is 7.27. The first-order valence-corrected chi connectivity index (χ1v) is 5.39. The second kappa shape index (κ2) is 6.36. The van der Waals surface area contributed by atoms with Gasteiger partial charge in [-0.1, -0.05) is 25.1 Å². The van der Waals surface area contributed by atoms with Crippen LogP contribution in [0.2, 0.25) is 0 Å². The van der Waals surface area contributed by atoms with Crippen LogP contribution in [0.25, 0.3) is 0 Å². The van der Waals surface area contributed by atoms with Crippen molar-refractivity contribution in [2.24, 2.45) is 0 Å². The molecule has 0 radical (unpaired) electrons. The van der Waals surface area contributed by atoms with Crippen molar-refractivity contribution in [2.45, 2.75) is 26.2 Å². The van der Waals surface area contributed by atoms with E-state index < -0.39 is 0 Å². The van der Waals surface area contributed by atoms with Crippen molar-refractivity contribution in [3.63, 3.8) is 0 Å². The fourth-order valence-corrected chi connectivity index (χ4v) is 1.49. The topological polar surface area (TPSA) is 26.3 Å². The van der Waals surface area contributed by atoms with Gasteiger partial charge in [0.15, 0.2) is 5.78 Å². The van der Waals surface area contributed by atoms with Crippen LogP contribution in [0.4, 0.5) is 0 Å². The number of ketones is 1. The normalized spacial score (nSPS) is 10.3. The van der Waals surface area contributed by atoms with Crippen LogP contribution < -0.4 is 0 Å². The Labute approximate surface area is 91.3 Å². The molecular weight excluding hydrogens is 188 g/mol. The predicted molar refractivity (Wildman–Crippen MR) is 61.3 cm³/mol. The van der Waals surface area contributed by atoms with Crippen LogP contribution in [0.3, 0.4) is 0 Å². The average molecular weight is 206 g/mol. The summed E-state index contributed by atoms with van der Waals surface area (Å²) in [6, 6.07) is 7.86. The zero-order valence-corrected chi connectivity index (χ0v) is 9.45. The lowest BCUT2D eigenvalue weighted by Gasteiger charge is -2.02. The van der Waals surface area contributed by atoms with E-state index >= 15 is 0 Å². The summed E-state index contributed by atoms with van der Waals surface area (Å²) in [6.45, 7) is 2.74. The van der Waals surface area contributed by atoms with Crippen LogP contribution >= 0.6 is 0 Å². The Morgan fingerprint density at radius 3 is 2.87 bits per heavy atom. The number of aryl methyl sites for hydroxylation is 1. The zero-order chi connectivity index (χ0) is 11.1. The van der Waals surface area contributed by atoms with E-state index in [-0.39, 0.29) is 5.78 Å². The maximum atomic E-state index is 11.7. The van der Waals surface area contributed by atoms with E-state index in [1.165, 1.54) is 5.56 Å². The second-order valence-electron chi connectivity index (χ2n) is 3.57. The third kappa shape index (κ3) is 3.84. The molecule has 0 heterocycles. The van der Waals surface area contributed by atoms with Gasteiger partial charge in [-0.3, -0.25) is 4.79 Å². The molecule has 0 aliphatic rings. The number of ether oxygens (including phenoxy) is 1. The number of rotatable bonds is 6. The average Bonchev–Trinajstić information content (AvgIpc) is 2.29. The molecule has 0 amide bonds. The number of benzene rings is 1. The Hall–Kier alpha value is -1.15. The largest absolute Gasteiger partial charge is 0.385 e. The van der Waals surface area contributed by atoms with Gasteiger partial charge >= 0.3 is 0 Å². The van der Waals surface area contributed by atoms with Crippen molar-refractivity contribution >= 4 is 5.78 Å². The molecule has 2 heteroatoms. The Balaban J connectivity index is 2.57. The molecule has 0 saturated heterocycles. The fraction of sp³-hybridized carbons (Fsp3) is 0.462. The van der Waals surface area contributed by atoms with Gasteiger partial charge in [-0.2, -0.15) is 0 Å². The second-order valence-corrected chi connectivity index (χ2v) is 3.57. The minimum absolute atomic E-state index is 0.211. The monoisotopic (exact) mass is 206 g/mol. The molecule has 1 rings (SSSR count). The van der Waals surface area contributed by atoms with Crippen LogP contribution in [0, 0.1) is 0 Å². The molecule has 0 spiro atoms.